The second-order valence-electron chi connectivity index (χ2n) is 8.46. The Hall–Kier alpha value is -3.11. The van der Waals surface area contributed by atoms with Gasteiger partial charge >= 0.3 is 5.97 Å². The number of unbranched alkanes of at least 4 members (excludes halogenated alkanes) is 1. The summed E-state index contributed by atoms with van der Waals surface area (Å²) in [5.74, 6) is -4.15. The summed E-state index contributed by atoms with van der Waals surface area (Å²) in [4.78, 5) is 65.5. The summed E-state index contributed by atoms with van der Waals surface area (Å²) < 4.78 is 0. The Balaban J connectivity index is 5.47. The average molecular weight is 548 g/mol. The molecule has 0 fully saturated rings. The van der Waals surface area contributed by atoms with E-state index in [0.29, 0.717) is 25.8 Å². The molecule has 0 aromatic rings. The van der Waals surface area contributed by atoms with Gasteiger partial charge in [0, 0.05) is 12.3 Å². The third kappa shape index (κ3) is 14.3. The minimum absolute atomic E-state index is 0.0834. The van der Waals surface area contributed by atoms with E-state index < -0.39 is 59.8 Å². The summed E-state index contributed by atoms with van der Waals surface area (Å²) in [5.41, 5.74) is 21.7. The summed E-state index contributed by atoms with van der Waals surface area (Å²) in [6.07, 6.45) is 1.82. The molecule has 212 valence electrons. The van der Waals surface area contributed by atoms with Crippen LogP contribution >= 0.6 is 12.6 Å². The number of carbonyl (C=O) groups excluding carboxylic acids is 4. The Labute approximate surface area is 221 Å². The second-order valence-corrected chi connectivity index (χ2v) is 8.82. The van der Waals surface area contributed by atoms with Crippen LogP contribution in [0.2, 0.25) is 0 Å². The predicted molar refractivity (Wildman–Crippen MR) is 141 cm³/mol. The Morgan fingerprint density at radius 2 is 1.30 bits per heavy atom. The number of rotatable bonds is 18. The van der Waals surface area contributed by atoms with Crippen molar-refractivity contribution in [1.82, 2.24) is 21.3 Å². The number of nitrogens with two attached hydrogens (primary N) is 4. The first-order chi connectivity index (χ1) is 17.3. The van der Waals surface area contributed by atoms with Crippen LogP contribution in [-0.2, 0) is 24.0 Å². The van der Waals surface area contributed by atoms with Crippen LogP contribution < -0.4 is 44.2 Å². The molecule has 4 amide bonds. The molecule has 5 atom stereocenters. The molecule has 0 aliphatic heterocycles. The number of carbonyl (C=O) groups is 5. The first-order valence-electron chi connectivity index (χ1n) is 11.9. The van der Waals surface area contributed by atoms with Crippen LogP contribution in [-0.4, -0.2) is 89.7 Å². The molecular formula is C21H41N9O6S. The first kappa shape index (κ1) is 33.9. The number of nitrogens with one attached hydrogen (secondary N) is 4. The van der Waals surface area contributed by atoms with Gasteiger partial charge in [-0.2, -0.15) is 12.6 Å². The normalized spacial score (nSPS) is 14.7. The highest BCUT2D eigenvalue weighted by Gasteiger charge is 2.30. The van der Waals surface area contributed by atoms with Gasteiger partial charge in [-0.15, -0.1) is 0 Å². The number of hydrogen-bond donors (Lipinski definition) is 10. The van der Waals surface area contributed by atoms with Gasteiger partial charge in [0.1, 0.15) is 24.2 Å². The number of aliphatic carboxylic acids is 1. The van der Waals surface area contributed by atoms with Gasteiger partial charge in [0.25, 0.3) is 0 Å². The maximum atomic E-state index is 12.9. The lowest BCUT2D eigenvalue weighted by Crippen LogP contribution is -2.58. The molecule has 0 radical (unpaired) electrons. The molecule has 0 unspecified atom stereocenters. The monoisotopic (exact) mass is 547 g/mol. The molecule has 15 nitrogen and oxygen atoms in total. The van der Waals surface area contributed by atoms with Crippen LogP contribution in [0.25, 0.3) is 0 Å². The fourth-order valence-electron chi connectivity index (χ4n) is 2.95. The fraction of sp³-hybridized carbons (Fsp3) is 0.714. The third-order valence-corrected chi connectivity index (χ3v) is 5.48. The summed E-state index contributed by atoms with van der Waals surface area (Å²) in [6, 6.07) is -5.31. The second kappa shape index (κ2) is 18.2. The number of nitrogens with zero attached hydrogens (tertiary/aromatic N) is 1. The SMILES string of the molecule is C[C@H](N)C(=O)N[C@@H](CCCCN)C(=O)N[C@@H](CS)C(=O)N[C@@H](CCCN=C(N)N)C(=O)N[C@@H](C)C(=O)O. The van der Waals surface area contributed by atoms with Crippen molar-refractivity contribution < 1.29 is 29.1 Å². The van der Waals surface area contributed by atoms with Crippen LogP contribution in [0.3, 0.4) is 0 Å². The Morgan fingerprint density at radius 3 is 1.78 bits per heavy atom. The van der Waals surface area contributed by atoms with Crippen LogP contribution in [0.1, 0.15) is 46.0 Å². The van der Waals surface area contributed by atoms with Gasteiger partial charge in [-0.05, 0) is 52.5 Å². The average Bonchev–Trinajstić information content (AvgIpc) is 2.82. The van der Waals surface area contributed by atoms with E-state index in [1.807, 2.05) is 0 Å². The van der Waals surface area contributed by atoms with E-state index in [2.05, 4.69) is 38.9 Å². The summed E-state index contributed by atoms with van der Waals surface area (Å²) in [5, 5.41) is 19.0. The lowest BCUT2D eigenvalue weighted by Gasteiger charge is -2.25. The van der Waals surface area contributed by atoms with Crippen molar-refractivity contribution >= 4 is 48.2 Å². The largest absolute Gasteiger partial charge is 0.480 e. The van der Waals surface area contributed by atoms with E-state index in [1.165, 1.54) is 13.8 Å². The molecule has 0 rings (SSSR count). The Morgan fingerprint density at radius 1 is 0.811 bits per heavy atom. The minimum Gasteiger partial charge on any atom is -0.480 e. The first-order valence-corrected chi connectivity index (χ1v) is 12.5. The molecule has 0 heterocycles. The molecule has 0 aliphatic carbocycles. The van der Waals surface area contributed by atoms with Crippen LogP contribution in [0.4, 0.5) is 0 Å². The van der Waals surface area contributed by atoms with E-state index in [-0.39, 0.29) is 31.1 Å². The maximum Gasteiger partial charge on any atom is 0.325 e. The highest BCUT2D eigenvalue weighted by molar-refractivity contribution is 7.80. The zero-order valence-electron chi connectivity index (χ0n) is 21.2. The van der Waals surface area contributed by atoms with Crippen molar-refractivity contribution in [3.8, 4) is 0 Å². The van der Waals surface area contributed by atoms with Crippen molar-refractivity contribution in [2.75, 3.05) is 18.8 Å². The van der Waals surface area contributed by atoms with E-state index in [4.69, 9.17) is 28.0 Å². The molecule has 16 heteroatoms. The van der Waals surface area contributed by atoms with E-state index in [1.54, 1.807) is 0 Å². The van der Waals surface area contributed by atoms with E-state index >= 15 is 0 Å². The highest BCUT2D eigenvalue weighted by Crippen LogP contribution is 2.05. The molecule has 37 heavy (non-hydrogen) atoms. The van der Waals surface area contributed by atoms with Crippen LogP contribution in [0.15, 0.2) is 4.99 Å². The minimum atomic E-state index is -1.26. The quantitative estimate of drug-likeness (QED) is 0.0350. The predicted octanol–water partition coefficient (Wildman–Crippen LogP) is -3.51. The van der Waals surface area contributed by atoms with Crippen molar-refractivity contribution in [3.05, 3.63) is 0 Å². The smallest absolute Gasteiger partial charge is 0.325 e. The van der Waals surface area contributed by atoms with Crippen molar-refractivity contribution in [2.45, 2.75) is 76.2 Å². The maximum absolute atomic E-state index is 12.9. The van der Waals surface area contributed by atoms with Crippen LogP contribution in [0, 0.1) is 0 Å². The zero-order valence-corrected chi connectivity index (χ0v) is 22.1. The van der Waals surface area contributed by atoms with Crippen molar-refractivity contribution in [1.29, 1.82) is 0 Å². The summed E-state index contributed by atoms with van der Waals surface area (Å²) in [6.45, 7) is 3.33. The van der Waals surface area contributed by atoms with E-state index in [0.717, 1.165) is 0 Å². The number of carboxylic acids is 1. The molecule has 0 bridgehead atoms. The van der Waals surface area contributed by atoms with Gasteiger partial charge in [-0.1, -0.05) is 0 Å². The number of thiol groups is 1. The Bertz CT molecular complexity index is 807. The van der Waals surface area contributed by atoms with Gasteiger partial charge in [0.2, 0.25) is 23.6 Å². The molecule has 0 aromatic carbocycles. The standard InChI is InChI=1S/C21H41N9O6S/c1-11(23)16(31)28-13(6-3-4-8-22)18(33)30-15(10-37)19(34)29-14(7-5-9-26-21(24)25)17(32)27-12(2)20(35)36/h11-15,37H,3-10,22-23H2,1-2H3,(H,27,32)(H,28,31)(H,29,34)(H,30,33)(H,35,36)(H4,24,25,26)/t11-,12-,13-,14-,15-/m0/s1. The van der Waals surface area contributed by atoms with Gasteiger partial charge in [0.15, 0.2) is 5.96 Å². The number of guanidine groups is 1. The molecule has 0 spiro atoms. The molecule has 0 saturated heterocycles. The van der Waals surface area contributed by atoms with Gasteiger partial charge in [0.05, 0.1) is 6.04 Å². The Kier molecular flexibility index (Phi) is 16.7. The number of amides is 4. The number of aliphatic imine (C=N–C) groups is 1. The van der Waals surface area contributed by atoms with E-state index in [9.17, 15) is 24.0 Å². The number of hydrogen-bond acceptors (Lipinski definition) is 9. The molecule has 0 aliphatic rings. The fourth-order valence-corrected chi connectivity index (χ4v) is 3.21. The van der Waals surface area contributed by atoms with Gasteiger partial charge in [-0.25, -0.2) is 0 Å². The highest BCUT2D eigenvalue weighted by atomic mass is 32.1. The zero-order chi connectivity index (χ0) is 28.5. The molecular weight excluding hydrogens is 506 g/mol. The summed E-state index contributed by atoms with van der Waals surface area (Å²) in [7, 11) is 0. The van der Waals surface area contributed by atoms with Gasteiger partial charge in [-0.3, -0.25) is 29.0 Å². The molecule has 0 saturated carbocycles. The summed E-state index contributed by atoms with van der Waals surface area (Å²) >= 11 is 4.13. The molecule has 13 N–H and O–H groups in total. The lowest BCUT2D eigenvalue weighted by molar-refractivity contribution is -0.141. The third-order valence-electron chi connectivity index (χ3n) is 5.12. The number of carboxylic acid groups (broad SMARTS) is 1. The topological polar surface area (TPSA) is 270 Å². The van der Waals surface area contributed by atoms with Crippen molar-refractivity contribution in [2.24, 2.45) is 27.9 Å². The van der Waals surface area contributed by atoms with Gasteiger partial charge < -0.3 is 49.3 Å². The lowest BCUT2D eigenvalue weighted by atomic mass is 10.1. The van der Waals surface area contributed by atoms with Crippen molar-refractivity contribution in [3.63, 3.8) is 0 Å². The van der Waals surface area contributed by atoms with Crippen LogP contribution in [0.5, 0.6) is 0 Å². The molecule has 0 aromatic heterocycles.